The average Bonchev–Trinajstić information content (AvgIpc) is 3.19. The van der Waals surface area contributed by atoms with Gasteiger partial charge in [-0.2, -0.15) is 0 Å². The second-order valence-corrected chi connectivity index (χ2v) is 7.23. The minimum atomic E-state index is -0.551. The Hall–Kier alpha value is -3.24. The minimum Gasteiger partial charge on any atom is -0.449 e. The lowest BCUT2D eigenvalue weighted by atomic mass is 9.99. The van der Waals surface area contributed by atoms with Gasteiger partial charge in [0.2, 0.25) is 0 Å². The standard InChI is InChI=1S/C21H26N4O5.C2H6O.H2/c1-3-15-7-14(5-6-29-15)25(21(27)28-4-2)20-16-8-17(13(9-22)10-23)24-11-18(16)30-19(20)12-26;1-2-3;/h8-12,14-15,22H,3-7,23H2,1-2H3;3H,2H2,1H3;1H/b13-10+,22-9?;;/t14-,15-;;/m0../s1. The van der Waals surface area contributed by atoms with Gasteiger partial charge in [0.05, 0.1) is 24.6 Å². The number of rotatable bonds is 7. The number of hydrogen-bond donors (Lipinski definition) is 3. The Labute approximate surface area is 194 Å². The number of carbonyl (C=O) groups is 2. The summed E-state index contributed by atoms with van der Waals surface area (Å²) in [5, 5.41) is 15.6. The Bertz CT molecular complexity index is 993. The van der Waals surface area contributed by atoms with Crippen molar-refractivity contribution in [3.05, 3.63) is 29.9 Å². The van der Waals surface area contributed by atoms with Crippen LogP contribution >= 0.6 is 0 Å². The number of pyridine rings is 1. The van der Waals surface area contributed by atoms with Crippen LogP contribution in [0.25, 0.3) is 16.5 Å². The summed E-state index contributed by atoms with van der Waals surface area (Å²) in [6.07, 6.45) is 5.89. The predicted molar refractivity (Wildman–Crippen MR) is 128 cm³/mol. The van der Waals surface area contributed by atoms with Crippen molar-refractivity contribution in [2.75, 3.05) is 24.7 Å². The fourth-order valence-corrected chi connectivity index (χ4v) is 3.70. The monoisotopic (exact) mass is 462 g/mol. The summed E-state index contributed by atoms with van der Waals surface area (Å²) in [6, 6.07) is 1.44. The van der Waals surface area contributed by atoms with Gasteiger partial charge in [0.15, 0.2) is 17.6 Å². The first kappa shape index (κ1) is 26.0. The summed E-state index contributed by atoms with van der Waals surface area (Å²) in [4.78, 5) is 30.6. The molecule has 4 N–H and O–H groups in total. The van der Waals surface area contributed by atoms with Crippen molar-refractivity contribution in [3.63, 3.8) is 0 Å². The highest BCUT2D eigenvalue weighted by molar-refractivity contribution is 6.11. The Morgan fingerprint density at radius 1 is 1.45 bits per heavy atom. The van der Waals surface area contributed by atoms with E-state index in [0.717, 1.165) is 12.6 Å². The maximum Gasteiger partial charge on any atom is 0.414 e. The van der Waals surface area contributed by atoms with Gasteiger partial charge in [0, 0.05) is 44.1 Å². The highest BCUT2D eigenvalue weighted by atomic mass is 16.6. The van der Waals surface area contributed by atoms with Gasteiger partial charge in [0.1, 0.15) is 5.69 Å². The summed E-state index contributed by atoms with van der Waals surface area (Å²) in [5.41, 5.74) is 7.11. The lowest BCUT2D eigenvalue weighted by Crippen LogP contribution is -2.46. The van der Waals surface area contributed by atoms with Gasteiger partial charge in [-0.25, -0.2) is 4.79 Å². The summed E-state index contributed by atoms with van der Waals surface area (Å²) in [6.45, 7) is 6.39. The van der Waals surface area contributed by atoms with Gasteiger partial charge in [-0.15, -0.1) is 0 Å². The van der Waals surface area contributed by atoms with E-state index in [1.165, 1.54) is 17.3 Å². The molecule has 0 unspecified atom stereocenters. The molecule has 182 valence electrons. The molecule has 1 saturated heterocycles. The molecule has 1 aliphatic rings. The number of amides is 1. The van der Waals surface area contributed by atoms with E-state index in [-0.39, 0.29) is 32.5 Å². The highest BCUT2D eigenvalue weighted by Crippen LogP contribution is 2.38. The highest BCUT2D eigenvalue weighted by Gasteiger charge is 2.35. The van der Waals surface area contributed by atoms with Crippen LogP contribution in [0, 0.1) is 5.41 Å². The van der Waals surface area contributed by atoms with E-state index in [9.17, 15) is 9.59 Å². The molecule has 33 heavy (non-hydrogen) atoms. The molecule has 1 amide bonds. The summed E-state index contributed by atoms with van der Waals surface area (Å²) in [5.74, 6) is 0.0182. The van der Waals surface area contributed by atoms with E-state index in [1.54, 1.807) is 19.9 Å². The molecule has 0 aromatic carbocycles. The van der Waals surface area contributed by atoms with Crippen molar-refractivity contribution in [1.29, 1.82) is 5.41 Å². The quantitative estimate of drug-likeness (QED) is 0.415. The van der Waals surface area contributed by atoms with Gasteiger partial charge in [-0.05, 0) is 39.2 Å². The number of aliphatic hydroxyl groups excluding tert-OH is 1. The molecule has 2 atom stereocenters. The van der Waals surface area contributed by atoms with Gasteiger partial charge >= 0.3 is 6.09 Å². The number of nitrogens with zero attached hydrogens (tertiary/aromatic N) is 2. The SMILES string of the molecule is CCO.CCOC(=O)N(c1c(C=O)oc2cnc(/C(C=N)=C/N)cc12)[C@H]1CCO[C@@H](CC)C1.[HH]. The zero-order valence-electron chi connectivity index (χ0n) is 19.2. The maximum absolute atomic E-state index is 13.0. The largest absolute Gasteiger partial charge is 0.449 e. The summed E-state index contributed by atoms with van der Waals surface area (Å²) >= 11 is 0. The summed E-state index contributed by atoms with van der Waals surface area (Å²) < 4.78 is 16.8. The number of fused-ring (bicyclic) bond motifs is 1. The van der Waals surface area contributed by atoms with E-state index >= 15 is 0 Å². The fourth-order valence-electron chi connectivity index (χ4n) is 3.70. The zero-order valence-corrected chi connectivity index (χ0v) is 19.2. The molecule has 0 spiro atoms. The van der Waals surface area contributed by atoms with E-state index < -0.39 is 6.09 Å². The van der Waals surface area contributed by atoms with Gasteiger partial charge in [-0.1, -0.05) is 6.92 Å². The Balaban J connectivity index is 0.00000137. The second-order valence-electron chi connectivity index (χ2n) is 7.23. The van der Waals surface area contributed by atoms with Crippen LogP contribution in [0.4, 0.5) is 10.5 Å². The van der Waals surface area contributed by atoms with Crippen molar-refractivity contribution in [1.82, 2.24) is 4.98 Å². The van der Waals surface area contributed by atoms with Crippen LogP contribution in [0.2, 0.25) is 0 Å². The van der Waals surface area contributed by atoms with Crippen LogP contribution in [0.1, 0.15) is 57.7 Å². The number of hydrogen-bond acceptors (Lipinski definition) is 9. The molecule has 1 fully saturated rings. The molecule has 2 aromatic rings. The molecular weight excluding hydrogens is 428 g/mol. The summed E-state index contributed by atoms with van der Waals surface area (Å²) in [7, 11) is 0. The Morgan fingerprint density at radius 3 is 2.76 bits per heavy atom. The first-order chi connectivity index (χ1) is 16.0. The zero-order chi connectivity index (χ0) is 24.4. The fraction of sp³-hybridized carbons (Fsp3) is 0.478. The Morgan fingerprint density at radius 2 is 2.18 bits per heavy atom. The number of nitrogens with two attached hydrogens (primary N) is 1. The van der Waals surface area contributed by atoms with Crippen LogP contribution in [-0.4, -0.2) is 60.7 Å². The Kier molecular flexibility index (Phi) is 10.0. The number of aliphatic hydroxyl groups is 1. The number of carbonyl (C=O) groups excluding carboxylic acids is 2. The molecule has 0 radical (unpaired) electrons. The number of aromatic nitrogens is 1. The number of ether oxygens (including phenoxy) is 2. The average molecular weight is 463 g/mol. The molecule has 10 nitrogen and oxygen atoms in total. The molecule has 0 bridgehead atoms. The molecule has 3 heterocycles. The number of furan rings is 1. The molecular formula is C23H34N4O6. The van der Waals surface area contributed by atoms with E-state index in [2.05, 4.69) is 4.98 Å². The number of nitrogens with one attached hydrogen (secondary N) is 1. The third kappa shape index (κ3) is 5.96. The van der Waals surface area contributed by atoms with E-state index in [4.69, 9.17) is 30.1 Å². The van der Waals surface area contributed by atoms with Crippen LogP contribution in [0.5, 0.6) is 0 Å². The molecule has 3 rings (SSSR count). The lowest BCUT2D eigenvalue weighted by Gasteiger charge is -2.36. The van der Waals surface area contributed by atoms with Crippen molar-refractivity contribution in [2.45, 2.75) is 52.2 Å². The first-order valence-corrected chi connectivity index (χ1v) is 11.0. The van der Waals surface area contributed by atoms with Gasteiger partial charge < -0.3 is 30.1 Å². The molecule has 1 aliphatic heterocycles. The van der Waals surface area contributed by atoms with Gasteiger partial charge in [0.25, 0.3) is 0 Å². The third-order valence-electron chi connectivity index (χ3n) is 5.18. The van der Waals surface area contributed by atoms with Crippen LogP contribution in [0.15, 0.2) is 22.9 Å². The third-order valence-corrected chi connectivity index (χ3v) is 5.18. The van der Waals surface area contributed by atoms with E-state index in [0.29, 0.717) is 53.7 Å². The van der Waals surface area contributed by atoms with Crippen molar-refractivity contribution in [3.8, 4) is 0 Å². The van der Waals surface area contributed by atoms with Crippen LogP contribution in [0.3, 0.4) is 0 Å². The van der Waals surface area contributed by atoms with Crippen molar-refractivity contribution in [2.24, 2.45) is 5.73 Å². The topological polar surface area (TPSA) is 152 Å². The maximum atomic E-state index is 13.0. The van der Waals surface area contributed by atoms with E-state index in [1.807, 2.05) is 6.92 Å². The number of anilines is 1. The normalized spacial score (nSPS) is 18.2. The van der Waals surface area contributed by atoms with Crippen molar-refractivity contribution >= 4 is 40.8 Å². The predicted octanol–water partition coefficient (Wildman–Crippen LogP) is 3.75. The van der Waals surface area contributed by atoms with Crippen molar-refractivity contribution < 1.29 is 30.0 Å². The number of allylic oxidation sites excluding steroid dienone is 1. The second kappa shape index (κ2) is 12.7. The molecule has 2 aromatic heterocycles. The lowest BCUT2D eigenvalue weighted by molar-refractivity contribution is 0.00468. The minimum absolute atomic E-state index is 0. The smallest absolute Gasteiger partial charge is 0.414 e. The van der Waals surface area contributed by atoms with Crippen LogP contribution < -0.4 is 10.6 Å². The van der Waals surface area contributed by atoms with Crippen LogP contribution in [-0.2, 0) is 9.47 Å². The molecule has 10 heteroatoms. The molecule has 0 saturated carbocycles. The number of aldehydes is 1. The molecule has 0 aliphatic carbocycles. The first-order valence-electron chi connectivity index (χ1n) is 11.0. The van der Waals surface area contributed by atoms with Gasteiger partial charge in [-0.3, -0.25) is 14.7 Å².